The summed E-state index contributed by atoms with van der Waals surface area (Å²) in [6, 6.07) is 36.5. The van der Waals surface area contributed by atoms with E-state index < -0.39 is 0 Å². The number of anilines is 2. The van der Waals surface area contributed by atoms with Crippen molar-refractivity contribution in [2.75, 3.05) is 24.5 Å². The molecular formula is C50H58N2O2. The second kappa shape index (κ2) is 20.6. The van der Waals surface area contributed by atoms with Crippen LogP contribution < -0.4 is 15.2 Å². The third-order valence-electron chi connectivity index (χ3n) is 9.68. The van der Waals surface area contributed by atoms with Crippen LogP contribution in [0, 0.1) is 23.7 Å². The summed E-state index contributed by atoms with van der Waals surface area (Å²) in [5, 5.41) is 14.4. The average Bonchev–Trinajstić information content (AvgIpc) is 3.48. The average molecular weight is 719 g/mol. The molecule has 5 aromatic carbocycles. The Kier molecular flexibility index (Phi) is 15.7. The van der Waals surface area contributed by atoms with Crippen LogP contribution in [-0.4, -0.2) is 19.2 Å². The first-order valence-corrected chi connectivity index (χ1v) is 19.8. The first kappa shape index (κ1) is 41.2. The second-order valence-corrected chi connectivity index (χ2v) is 13.4. The van der Waals surface area contributed by atoms with Gasteiger partial charge in [-0.05, 0) is 132 Å². The highest BCUT2D eigenvalue weighted by Crippen LogP contribution is 2.54. The zero-order valence-electron chi connectivity index (χ0n) is 33.6. The van der Waals surface area contributed by atoms with Crippen LogP contribution in [0.1, 0.15) is 120 Å². The van der Waals surface area contributed by atoms with E-state index in [-0.39, 0.29) is 11.2 Å². The molecule has 4 heteroatoms. The van der Waals surface area contributed by atoms with E-state index in [0.717, 1.165) is 59.3 Å². The molecule has 5 aromatic rings. The summed E-state index contributed by atoms with van der Waals surface area (Å²) in [4.78, 5) is 5.89. The minimum atomic E-state index is -0.0526. The highest BCUT2D eigenvalue weighted by atomic mass is 16.7. The normalized spacial score (nSPS) is 13.2. The molecule has 0 bridgehead atoms. The molecule has 54 heavy (non-hydrogen) atoms. The molecule has 4 nitrogen and oxygen atoms in total. The summed E-state index contributed by atoms with van der Waals surface area (Å²) < 4.78 is 0. The molecule has 0 saturated heterocycles. The number of hydroxylamine groups is 1. The van der Waals surface area contributed by atoms with Gasteiger partial charge in [0.15, 0.2) is 5.75 Å². The summed E-state index contributed by atoms with van der Waals surface area (Å²) in [7, 11) is 3.78. The lowest BCUT2D eigenvalue weighted by Gasteiger charge is -2.32. The number of fused-ring (bicyclic) bond motifs is 3. The van der Waals surface area contributed by atoms with Crippen LogP contribution >= 0.6 is 0 Å². The Labute approximate surface area is 325 Å². The maximum atomic E-state index is 9.53. The van der Waals surface area contributed by atoms with Crippen LogP contribution in [0.15, 0.2) is 109 Å². The quantitative estimate of drug-likeness (QED) is 0.111. The van der Waals surface area contributed by atoms with Crippen LogP contribution in [0.5, 0.6) is 11.5 Å². The molecule has 0 amide bonds. The molecule has 280 valence electrons. The third-order valence-corrected chi connectivity index (χ3v) is 9.68. The zero-order valence-corrected chi connectivity index (χ0v) is 33.6. The highest BCUT2D eigenvalue weighted by Gasteiger charge is 2.42. The molecule has 0 radical (unpaired) electrons. The van der Waals surface area contributed by atoms with Gasteiger partial charge in [-0.2, -0.15) is 0 Å². The largest absolute Gasteiger partial charge is 0.508 e. The summed E-state index contributed by atoms with van der Waals surface area (Å²) in [5.41, 5.74) is 11.4. The Balaban J connectivity index is 0.00000102. The topological polar surface area (TPSA) is 44.7 Å². The van der Waals surface area contributed by atoms with E-state index in [0.29, 0.717) is 5.75 Å². The molecule has 6 rings (SSSR count). The Bertz CT molecular complexity index is 2040. The Morgan fingerprint density at radius 1 is 0.593 bits per heavy atom. The number of hydrogen-bond donors (Lipinski definition) is 2. The summed E-state index contributed by atoms with van der Waals surface area (Å²) in [6.45, 7) is 12.9. The Morgan fingerprint density at radius 2 is 1.07 bits per heavy atom. The van der Waals surface area contributed by atoms with Gasteiger partial charge in [-0.1, -0.05) is 109 Å². The van der Waals surface area contributed by atoms with Crippen molar-refractivity contribution in [1.29, 1.82) is 0 Å². The van der Waals surface area contributed by atoms with Crippen molar-refractivity contribution >= 4 is 11.4 Å². The number of aromatic hydroxyl groups is 1. The molecule has 1 aliphatic carbocycles. The van der Waals surface area contributed by atoms with E-state index in [4.69, 9.17) is 4.84 Å². The number of phenols is 1. The molecule has 1 atom stereocenters. The molecule has 0 aliphatic heterocycles. The molecule has 2 N–H and O–H groups in total. The van der Waals surface area contributed by atoms with E-state index in [1.807, 2.05) is 52.2 Å². The van der Waals surface area contributed by atoms with Gasteiger partial charge >= 0.3 is 0 Å². The Hall–Kier alpha value is -5.58. The highest BCUT2D eigenvalue weighted by molar-refractivity contribution is 5.82. The predicted octanol–water partition coefficient (Wildman–Crippen LogP) is 12.8. The predicted molar refractivity (Wildman–Crippen MR) is 231 cm³/mol. The summed E-state index contributed by atoms with van der Waals surface area (Å²) >= 11 is 0. The maximum absolute atomic E-state index is 9.53. The van der Waals surface area contributed by atoms with E-state index in [9.17, 15) is 5.11 Å². The molecule has 0 aromatic heterocycles. The third kappa shape index (κ3) is 10.3. The van der Waals surface area contributed by atoms with E-state index in [1.165, 1.54) is 41.5 Å². The van der Waals surface area contributed by atoms with Gasteiger partial charge in [0.2, 0.25) is 0 Å². The van der Waals surface area contributed by atoms with E-state index >= 15 is 0 Å². The van der Waals surface area contributed by atoms with Crippen LogP contribution in [0.4, 0.5) is 11.4 Å². The lowest BCUT2D eigenvalue weighted by Crippen LogP contribution is -2.25. The first-order valence-electron chi connectivity index (χ1n) is 19.8. The van der Waals surface area contributed by atoms with Crippen molar-refractivity contribution < 1.29 is 9.94 Å². The van der Waals surface area contributed by atoms with Crippen LogP contribution in [0.2, 0.25) is 0 Å². The van der Waals surface area contributed by atoms with Crippen LogP contribution in [-0.2, 0) is 5.41 Å². The smallest absolute Gasteiger partial charge is 0.155 e. The molecule has 1 unspecified atom stereocenters. The summed E-state index contributed by atoms with van der Waals surface area (Å²) in [5.74, 6) is 14.5. The van der Waals surface area contributed by atoms with E-state index in [2.05, 4.69) is 117 Å². The first-order chi connectivity index (χ1) is 26.3. The fourth-order valence-corrected chi connectivity index (χ4v) is 6.70. The number of rotatable bonds is 10. The second-order valence-electron chi connectivity index (χ2n) is 13.4. The Morgan fingerprint density at radius 3 is 1.54 bits per heavy atom. The van der Waals surface area contributed by atoms with Crippen LogP contribution in [0.25, 0.3) is 11.1 Å². The number of hydrogen-bond acceptors (Lipinski definition) is 4. The van der Waals surface area contributed by atoms with Gasteiger partial charge in [0, 0.05) is 47.5 Å². The van der Waals surface area contributed by atoms with Gasteiger partial charge in [-0.15, -0.1) is 0 Å². The number of benzene rings is 5. The fraction of sp³-hybridized carbons (Fsp3) is 0.320. The monoisotopic (exact) mass is 718 g/mol. The molecule has 1 aliphatic rings. The lowest BCUT2D eigenvalue weighted by atomic mass is 9.71. The van der Waals surface area contributed by atoms with Crippen molar-refractivity contribution in [3.05, 3.63) is 143 Å². The van der Waals surface area contributed by atoms with Crippen LogP contribution in [0.3, 0.4) is 0 Å². The molecule has 0 heterocycles. The minimum Gasteiger partial charge on any atom is -0.508 e. The molecular weight excluding hydrogens is 661 g/mol. The van der Waals surface area contributed by atoms with Gasteiger partial charge < -0.3 is 15.3 Å². The van der Waals surface area contributed by atoms with Crippen molar-refractivity contribution in [3.63, 3.8) is 0 Å². The van der Waals surface area contributed by atoms with Crippen molar-refractivity contribution in [1.82, 2.24) is 0 Å². The number of unbranched alkanes of at least 4 members (excludes halogenated alkanes) is 2. The van der Waals surface area contributed by atoms with Crippen molar-refractivity contribution in [2.45, 2.75) is 91.9 Å². The standard InChI is InChI=1S/C44H42N2O2.C4H10.C2H6/c1-5-7-29-44(28-6-2)42-30-34(10-8-32-12-18-36(45-3)19-13-32)16-26-40(42)41-27-17-35(31-43(41)44)11-9-33-14-20-37(21-15-33)46(4)48-39-24-22-38(47)23-25-39;1-3-4-2;1-2/h12-27,30-31,45,47H,5-7,28-29H2,1-4H3;3-4H2,1-2H3;1-2H3. The van der Waals surface area contributed by atoms with E-state index in [1.54, 1.807) is 29.3 Å². The van der Waals surface area contributed by atoms with Gasteiger partial charge in [0.25, 0.3) is 0 Å². The van der Waals surface area contributed by atoms with Gasteiger partial charge in [-0.25, -0.2) is 5.06 Å². The molecule has 0 fully saturated rings. The molecule has 0 saturated carbocycles. The number of nitrogens with zero attached hydrogens (tertiary/aromatic N) is 1. The number of phenolic OH excluding ortho intramolecular Hbond substituents is 1. The molecule has 0 spiro atoms. The van der Waals surface area contributed by atoms with Gasteiger partial charge in [0.05, 0.1) is 5.69 Å². The lowest BCUT2D eigenvalue weighted by molar-refractivity contribution is 0.303. The maximum Gasteiger partial charge on any atom is 0.155 e. The SMILES string of the molecule is CC.CCCC.CCCCC1(CCC)c2cc(C#Cc3ccc(NC)cc3)ccc2-c2ccc(C#Cc3ccc(N(C)Oc4ccc(O)cc4)cc3)cc21. The minimum absolute atomic E-state index is 0.0526. The fourth-order valence-electron chi connectivity index (χ4n) is 6.70. The van der Waals surface area contributed by atoms with Crippen molar-refractivity contribution in [2.24, 2.45) is 0 Å². The zero-order chi connectivity index (χ0) is 38.9. The van der Waals surface area contributed by atoms with Gasteiger partial charge in [0.1, 0.15) is 5.75 Å². The van der Waals surface area contributed by atoms with Crippen molar-refractivity contribution in [3.8, 4) is 46.3 Å². The number of nitrogens with one attached hydrogen (secondary N) is 1. The summed E-state index contributed by atoms with van der Waals surface area (Å²) in [6.07, 6.45) is 8.26. The van der Waals surface area contributed by atoms with Gasteiger partial charge in [-0.3, -0.25) is 0 Å².